The van der Waals surface area contributed by atoms with Crippen LogP contribution in [0.3, 0.4) is 0 Å². The van der Waals surface area contributed by atoms with E-state index in [1.807, 2.05) is 51.1 Å². The maximum atomic E-state index is 12.6. The lowest BCUT2D eigenvalue weighted by molar-refractivity contribution is 0.0532. The molecule has 0 unspecified atom stereocenters. The van der Waals surface area contributed by atoms with Gasteiger partial charge < -0.3 is 9.47 Å². The van der Waals surface area contributed by atoms with Crippen molar-refractivity contribution in [3.8, 4) is 0 Å². The Labute approximate surface area is 241 Å². The van der Waals surface area contributed by atoms with E-state index in [0.717, 1.165) is 60.8 Å². The van der Waals surface area contributed by atoms with Gasteiger partial charge in [0, 0.05) is 0 Å². The van der Waals surface area contributed by atoms with Crippen LogP contribution in [-0.4, -0.2) is 25.2 Å². The maximum Gasteiger partial charge on any atom is 0.338 e. The van der Waals surface area contributed by atoms with E-state index in [1.54, 1.807) is 24.3 Å². The van der Waals surface area contributed by atoms with Crippen molar-refractivity contribution in [1.29, 1.82) is 0 Å². The van der Waals surface area contributed by atoms with Gasteiger partial charge in [0.15, 0.2) is 0 Å². The predicted octanol–water partition coefficient (Wildman–Crippen LogP) is 9.44. The molecule has 0 aliphatic carbocycles. The molecule has 0 saturated heterocycles. The number of carbonyl (C=O) groups is 2. The van der Waals surface area contributed by atoms with Crippen LogP contribution in [-0.2, 0) is 9.47 Å². The fraction of sp³-hybridized carbons (Fsp3) is 0.389. The molecule has 4 nitrogen and oxygen atoms in total. The van der Waals surface area contributed by atoms with E-state index < -0.39 is 0 Å². The van der Waals surface area contributed by atoms with Gasteiger partial charge in [-0.25, -0.2) is 9.59 Å². The van der Waals surface area contributed by atoms with Crippen LogP contribution in [0, 0.1) is 13.8 Å². The third-order valence-corrected chi connectivity index (χ3v) is 6.63. The standard InChI is InChI=1S/C36H46O4/c1-27(2)10-7-11-28(3)12-8-14-32(26-40-36(38)34-22-18-31(6)19-23-34)15-9-13-29(4)24-25-39-35(37)33-20-16-30(5)17-21-33/h10,12,15-24H,7-9,11,13-14,25-26H2,1-6H3. The fourth-order valence-corrected chi connectivity index (χ4v) is 4.00. The van der Waals surface area contributed by atoms with Gasteiger partial charge in [0.1, 0.15) is 13.2 Å². The minimum Gasteiger partial charge on any atom is -0.458 e. The van der Waals surface area contributed by atoms with Crippen molar-refractivity contribution in [2.24, 2.45) is 0 Å². The summed E-state index contributed by atoms with van der Waals surface area (Å²) in [6.07, 6.45) is 14.3. The average molecular weight is 543 g/mol. The SMILES string of the molecule is CC(C)=CCCC(C)=CCCC(=CCCC(C)=CCOC(=O)c1ccc(C)cc1)COC(=O)c1ccc(C)cc1. The van der Waals surface area contributed by atoms with Crippen LogP contribution in [0.25, 0.3) is 0 Å². The van der Waals surface area contributed by atoms with Crippen molar-refractivity contribution in [2.75, 3.05) is 13.2 Å². The van der Waals surface area contributed by atoms with Gasteiger partial charge in [-0.1, -0.05) is 70.3 Å². The summed E-state index contributed by atoms with van der Waals surface area (Å²) in [5.74, 6) is -0.614. The van der Waals surface area contributed by atoms with E-state index in [9.17, 15) is 9.59 Å². The number of hydrogen-bond donors (Lipinski definition) is 0. The summed E-state index contributed by atoms with van der Waals surface area (Å²) < 4.78 is 11.1. The van der Waals surface area contributed by atoms with Crippen molar-refractivity contribution in [3.63, 3.8) is 0 Å². The number of rotatable bonds is 15. The predicted molar refractivity (Wildman–Crippen MR) is 166 cm³/mol. The summed E-state index contributed by atoms with van der Waals surface area (Å²) in [7, 11) is 0. The first-order chi connectivity index (χ1) is 19.1. The molecule has 0 bridgehead atoms. The van der Waals surface area contributed by atoms with E-state index >= 15 is 0 Å². The second kappa shape index (κ2) is 17.8. The molecule has 0 aliphatic rings. The van der Waals surface area contributed by atoms with Gasteiger partial charge in [0.25, 0.3) is 0 Å². The summed E-state index contributed by atoms with van der Waals surface area (Å²) in [6.45, 7) is 13.0. The zero-order valence-electron chi connectivity index (χ0n) is 25.2. The highest BCUT2D eigenvalue weighted by Crippen LogP contribution is 2.16. The highest BCUT2D eigenvalue weighted by Gasteiger charge is 2.09. The third-order valence-electron chi connectivity index (χ3n) is 6.63. The molecule has 0 spiro atoms. The van der Waals surface area contributed by atoms with E-state index in [4.69, 9.17) is 9.47 Å². The molecule has 0 amide bonds. The molecule has 0 radical (unpaired) electrons. The number of benzene rings is 2. The summed E-state index contributed by atoms with van der Waals surface area (Å²) >= 11 is 0. The molecule has 0 aliphatic heterocycles. The van der Waals surface area contributed by atoms with Crippen LogP contribution in [0.15, 0.2) is 95.1 Å². The second-order valence-electron chi connectivity index (χ2n) is 10.8. The van der Waals surface area contributed by atoms with Crippen molar-refractivity contribution in [2.45, 2.75) is 80.1 Å². The lowest BCUT2D eigenvalue weighted by atomic mass is 10.0. The average Bonchev–Trinajstić information content (AvgIpc) is 2.91. The third kappa shape index (κ3) is 13.4. The molecule has 2 aromatic rings. The topological polar surface area (TPSA) is 52.6 Å². The van der Waals surface area contributed by atoms with E-state index in [0.29, 0.717) is 11.1 Å². The van der Waals surface area contributed by atoms with Crippen LogP contribution in [0.2, 0.25) is 0 Å². The molecular formula is C36H46O4. The second-order valence-corrected chi connectivity index (χ2v) is 10.8. The molecule has 0 heterocycles. The number of aryl methyl sites for hydroxylation is 2. The van der Waals surface area contributed by atoms with Crippen LogP contribution >= 0.6 is 0 Å². The molecule has 0 atom stereocenters. The normalized spacial score (nSPS) is 12.2. The van der Waals surface area contributed by atoms with Gasteiger partial charge >= 0.3 is 11.9 Å². The molecule has 0 N–H and O–H groups in total. The molecule has 4 heteroatoms. The molecule has 214 valence electrons. The number of carbonyl (C=O) groups excluding carboxylic acids is 2. The van der Waals surface area contributed by atoms with Crippen molar-refractivity contribution in [3.05, 3.63) is 117 Å². The molecule has 40 heavy (non-hydrogen) atoms. The van der Waals surface area contributed by atoms with E-state index in [1.165, 1.54) is 11.1 Å². The zero-order chi connectivity index (χ0) is 29.3. The summed E-state index contributed by atoms with van der Waals surface area (Å²) in [5.41, 5.74) is 8.35. The maximum absolute atomic E-state index is 12.6. The van der Waals surface area contributed by atoms with Crippen molar-refractivity contribution >= 4 is 11.9 Å². The van der Waals surface area contributed by atoms with Gasteiger partial charge in [-0.3, -0.25) is 0 Å². The lowest BCUT2D eigenvalue weighted by Gasteiger charge is -2.10. The minimum atomic E-state index is -0.314. The van der Waals surface area contributed by atoms with Crippen LogP contribution in [0.4, 0.5) is 0 Å². The first-order valence-corrected chi connectivity index (χ1v) is 14.2. The van der Waals surface area contributed by atoms with Crippen LogP contribution < -0.4 is 0 Å². The number of hydrogen-bond acceptors (Lipinski definition) is 4. The summed E-state index contributed by atoms with van der Waals surface area (Å²) in [5, 5.41) is 0. The van der Waals surface area contributed by atoms with Gasteiger partial charge in [-0.2, -0.15) is 0 Å². The largest absolute Gasteiger partial charge is 0.458 e. The number of ether oxygens (including phenoxy) is 2. The highest BCUT2D eigenvalue weighted by atomic mass is 16.5. The quantitative estimate of drug-likeness (QED) is 0.166. The summed E-state index contributed by atoms with van der Waals surface area (Å²) in [6, 6.07) is 14.8. The zero-order valence-corrected chi connectivity index (χ0v) is 25.2. The Morgan fingerprint density at radius 2 is 1.07 bits per heavy atom. The van der Waals surface area contributed by atoms with Gasteiger partial charge in [0.05, 0.1) is 11.1 Å². The Morgan fingerprint density at radius 3 is 1.62 bits per heavy atom. The minimum absolute atomic E-state index is 0.250. The van der Waals surface area contributed by atoms with Crippen molar-refractivity contribution < 1.29 is 19.1 Å². The Hall–Kier alpha value is -3.66. The Balaban J connectivity index is 1.92. The molecule has 0 aromatic heterocycles. The first kappa shape index (κ1) is 32.6. The van der Waals surface area contributed by atoms with Gasteiger partial charge in [-0.15, -0.1) is 0 Å². The number of esters is 2. The molecule has 0 saturated carbocycles. The van der Waals surface area contributed by atoms with Gasteiger partial charge in [-0.05, 0) is 116 Å². The van der Waals surface area contributed by atoms with E-state index in [2.05, 4.69) is 39.0 Å². The Bertz CT molecular complexity index is 1200. The van der Waals surface area contributed by atoms with Crippen LogP contribution in [0.1, 0.15) is 98.1 Å². The Morgan fingerprint density at radius 1 is 0.600 bits per heavy atom. The molecule has 2 rings (SSSR count). The molecule has 2 aromatic carbocycles. The lowest BCUT2D eigenvalue weighted by Crippen LogP contribution is -2.08. The van der Waals surface area contributed by atoms with Gasteiger partial charge in [0.2, 0.25) is 0 Å². The van der Waals surface area contributed by atoms with Crippen molar-refractivity contribution in [1.82, 2.24) is 0 Å². The smallest absolute Gasteiger partial charge is 0.338 e. The van der Waals surface area contributed by atoms with Crippen LogP contribution in [0.5, 0.6) is 0 Å². The highest BCUT2D eigenvalue weighted by molar-refractivity contribution is 5.90. The molecular weight excluding hydrogens is 496 g/mol. The summed E-state index contributed by atoms with van der Waals surface area (Å²) in [4.78, 5) is 24.8. The molecule has 0 fully saturated rings. The number of allylic oxidation sites excluding steroid dienone is 6. The van der Waals surface area contributed by atoms with E-state index in [-0.39, 0.29) is 25.2 Å². The monoisotopic (exact) mass is 542 g/mol. The Kier molecular flexibility index (Phi) is 14.5. The fourth-order valence-electron chi connectivity index (χ4n) is 4.00. The first-order valence-electron chi connectivity index (χ1n) is 14.2.